The molecule has 2 rings (SSSR count). The molecule has 1 aromatic heterocycles. The minimum atomic E-state index is -0.323. The lowest BCUT2D eigenvalue weighted by molar-refractivity contribution is 0.102. The Morgan fingerprint density at radius 1 is 1.33 bits per heavy atom. The molecule has 1 amide bonds. The number of benzene rings is 1. The highest BCUT2D eigenvalue weighted by Crippen LogP contribution is 2.24. The van der Waals surface area contributed by atoms with Gasteiger partial charge in [0.15, 0.2) is 0 Å². The number of amides is 1. The van der Waals surface area contributed by atoms with Crippen molar-refractivity contribution < 1.29 is 4.79 Å². The minimum absolute atomic E-state index is 0.200. The fraction of sp³-hybridized carbons (Fsp3) is 0.0833. The number of rotatable bonds is 3. The Balaban J connectivity index is 2.21. The van der Waals surface area contributed by atoms with Crippen LogP contribution in [0.2, 0.25) is 0 Å². The number of nitrogen functional groups attached to an aromatic ring is 1. The number of nitrogens with two attached hydrogens (primary N) is 1. The summed E-state index contributed by atoms with van der Waals surface area (Å²) in [6.07, 6.45) is 4.73. The lowest BCUT2D eigenvalue weighted by Crippen LogP contribution is -2.15. The molecule has 0 aliphatic heterocycles. The van der Waals surface area contributed by atoms with E-state index in [2.05, 4.69) is 15.3 Å². The zero-order valence-electron chi connectivity index (χ0n) is 9.75. The summed E-state index contributed by atoms with van der Waals surface area (Å²) in [5.74, 6) is -0.0999. The third kappa shape index (κ3) is 2.78. The molecule has 0 aliphatic carbocycles. The van der Waals surface area contributed by atoms with Crippen LogP contribution in [0, 0.1) is 0 Å². The van der Waals surface area contributed by atoms with E-state index >= 15 is 0 Å². The number of hydrogen-bond acceptors (Lipinski definition) is 5. The molecular weight excluding hydrogens is 248 g/mol. The normalized spacial score (nSPS) is 10.1. The van der Waals surface area contributed by atoms with Crippen molar-refractivity contribution in [2.75, 3.05) is 17.3 Å². The molecule has 0 saturated carbocycles. The van der Waals surface area contributed by atoms with E-state index in [1.807, 2.05) is 30.5 Å². The van der Waals surface area contributed by atoms with Crippen LogP contribution in [0.3, 0.4) is 0 Å². The average molecular weight is 260 g/mol. The van der Waals surface area contributed by atoms with Crippen molar-refractivity contribution in [2.45, 2.75) is 4.90 Å². The number of nitrogens with one attached hydrogen (secondary N) is 1. The maximum absolute atomic E-state index is 12.0. The highest BCUT2D eigenvalue weighted by Gasteiger charge is 2.10. The second kappa shape index (κ2) is 5.50. The number of carbonyl (C=O) groups is 1. The zero-order valence-corrected chi connectivity index (χ0v) is 10.6. The smallest absolute Gasteiger partial charge is 0.275 e. The molecule has 5 nitrogen and oxygen atoms in total. The van der Waals surface area contributed by atoms with E-state index in [1.54, 1.807) is 11.8 Å². The number of hydrogen-bond donors (Lipinski definition) is 2. The standard InChI is InChI=1S/C12H12N4OS/c1-18-10-5-3-2-4-8(10)16-12(17)9-6-14-7-11(13)15-9/h2-7H,1H3,(H2,13,15)(H,16,17). The van der Waals surface area contributed by atoms with Crippen molar-refractivity contribution in [3.8, 4) is 0 Å². The molecule has 1 heterocycles. The molecule has 2 aromatic rings. The van der Waals surface area contributed by atoms with E-state index in [0.29, 0.717) is 0 Å². The number of carbonyl (C=O) groups excluding carboxylic acids is 1. The summed E-state index contributed by atoms with van der Waals surface area (Å²) in [4.78, 5) is 20.7. The molecule has 3 N–H and O–H groups in total. The molecule has 0 radical (unpaired) electrons. The van der Waals surface area contributed by atoms with E-state index in [9.17, 15) is 4.79 Å². The van der Waals surface area contributed by atoms with E-state index < -0.39 is 0 Å². The van der Waals surface area contributed by atoms with Gasteiger partial charge in [-0.3, -0.25) is 9.78 Å². The van der Waals surface area contributed by atoms with Gasteiger partial charge < -0.3 is 11.1 Å². The van der Waals surface area contributed by atoms with Gasteiger partial charge in [-0.1, -0.05) is 12.1 Å². The van der Waals surface area contributed by atoms with Crippen LogP contribution in [0.25, 0.3) is 0 Å². The van der Waals surface area contributed by atoms with Gasteiger partial charge in [-0.25, -0.2) is 4.98 Å². The second-order valence-electron chi connectivity index (χ2n) is 3.48. The first-order valence-corrected chi connectivity index (χ1v) is 6.45. The molecule has 92 valence electrons. The molecule has 0 atom stereocenters. The lowest BCUT2D eigenvalue weighted by atomic mass is 10.3. The van der Waals surface area contributed by atoms with Gasteiger partial charge >= 0.3 is 0 Å². The number of para-hydroxylation sites is 1. The van der Waals surface area contributed by atoms with Crippen molar-refractivity contribution in [2.24, 2.45) is 0 Å². The summed E-state index contributed by atoms with van der Waals surface area (Å²) < 4.78 is 0. The van der Waals surface area contributed by atoms with Crippen molar-refractivity contribution in [1.82, 2.24) is 9.97 Å². The van der Waals surface area contributed by atoms with Gasteiger partial charge in [0.25, 0.3) is 5.91 Å². The van der Waals surface area contributed by atoms with Crippen molar-refractivity contribution in [1.29, 1.82) is 0 Å². The van der Waals surface area contributed by atoms with Crippen LogP contribution in [0.5, 0.6) is 0 Å². The van der Waals surface area contributed by atoms with Crippen LogP contribution in [-0.4, -0.2) is 22.1 Å². The predicted octanol–water partition coefficient (Wildman–Crippen LogP) is 2.03. The predicted molar refractivity (Wildman–Crippen MR) is 72.6 cm³/mol. The van der Waals surface area contributed by atoms with E-state index in [4.69, 9.17) is 5.73 Å². The molecule has 1 aromatic carbocycles. The molecule has 18 heavy (non-hydrogen) atoms. The molecule has 0 fully saturated rings. The Morgan fingerprint density at radius 3 is 2.83 bits per heavy atom. The largest absolute Gasteiger partial charge is 0.382 e. The monoisotopic (exact) mass is 260 g/mol. The van der Waals surface area contributed by atoms with Crippen molar-refractivity contribution in [3.63, 3.8) is 0 Å². The molecule has 0 aliphatic rings. The average Bonchev–Trinajstić information content (AvgIpc) is 2.39. The topological polar surface area (TPSA) is 80.9 Å². The molecular formula is C12H12N4OS. The van der Waals surface area contributed by atoms with Crippen molar-refractivity contribution in [3.05, 3.63) is 42.4 Å². The molecule has 0 spiro atoms. The Labute approximate surface area is 109 Å². The Kier molecular flexibility index (Phi) is 3.78. The fourth-order valence-electron chi connectivity index (χ4n) is 1.42. The number of anilines is 2. The van der Waals surface area contributed by atoms with Gasteiger partial charge in [0.2, 0.25) is 0 Å². The molecule has 0 bridgehead atoms. The Bertz CT molecular complexity index is 574. The highest BCUT2D eigenvalue weighted by molar-refractivity contribution is 7.98. The highest BCUT2D eigenvalue weighted by atomic mass is 32.2. The Hall–Kier alpha value is -2.08. The van der Waals surface area contributed by atoms with Gasteiger partial charge in [-0.05, 0) is 18.4 Å². The lowest BCUT2D eigenvalue weighted by Gasteiger charge is -2.08. The maximum atomic E-state index is 12.0. The summed E-state index contributed by atoms with van der Waals surface area (Å²) >= 11 is 1.56. The summed E-state index contributed by atoms with van der Waals surface area (Å²) in [5, 5.41) is 2.79. The summed E-state index contributed by atoms with van der Waals surface area (Å²) in [6, 6.07) is 7.55. The first kappa shape index (κ1) is 12.4. The van der Waals surface area contributed by atoms with Gasteiger partial charge in [0.05, 0.1) is 18.1 Å². The van der Waals surface area contributed by atoms with Gasteiger partial charge in [0, 0.05) is 4.90 Å². The van der Waals surface area contributed by atoms with Crippen LogP contribution in [0.4, 0.5) is 11.5 Å². The van der Waals surface area contributed by atoms with Crippen LogP contribution in [0.1, 0.15) is 10.5 Å². The van der Waals surface area contributed by atoms with E-state index in [0.717, 1.165) is 10.6 Å². The van der Waals surface area contributed by atoms with Gasteiger partial charge in [-0.2, -0.15) is 0 Å². The SMILES string of the molecule is CSc1ccccc1NC(=O)c1cncc(N)n1. The fourth-order valence-corrected chi connectivity index (χ4v) is 1.98. The maximum Gasteiger partial charge on any atom is 0.275 e. The third-order valence-corrected chi connectivity index (χ3v) is 3.04. The third-order valence-electron chi connectivity index (χ3n) is 2.24. The van der Waals surface area contributed by atoms with Gasteiger partial charge in [-0.15, -0.1) is 11.8 Å². The van der Waals surface area contributed by atoms with Crippen molar-refractivity contribution >= 4 is 29.2 Å². The van der Waals surface area contributed by atoms with Crippen LogP contribution >= 0.6 is 11.8 Å². The second-order valence-corrected chi connectivity index (χ2v) is 4.33. The summed E-state index contributed by atoms with van der Waals surface area (Å²) in [6.45, 7) is 0. The summed E-state index contributed by atoms with van der Waals surface area (Å²) in [5.41, 5.74) is 6.44. The molecule has 6 heteroatoms. The quantitative estimate of drug-likeness (QED) is 0.825. The summed E-state index contributed by atoms with van der Waals surface area (Å²) in [7, 11) is 0. The zero-order chi connectivity index (χ0) is 13.0. The number of thioether (sulfide) groups is 1. The van der Waals surface area contributed by atoms with Crippen LogP contribution in [-0.2, 0) is 0 Å². The Morgan fingerprint density at radius 2 is 2.11 bits per heavy atom. The van der Waals surface area contributed by atoms with Crippen LogP contribution < -0.4 is 11.1 Å². The number of nitrogens with zero attached hydrogens (tertiary/aromatic N) is 2. The van der Waals surface area contributed by atoms with Crippen LogP contribution in [0.15, 0.2) is 41.6 Å². The first-order chi connectivity index (χ1) is 8.70. The van der Waals surface area contributed by atoms with Gasteiger partial charge in [0.1, 0.15) is 11.5 Å². The molecule has 0 unspecified atom stereocenters. The van der Waals surface area contributed by atoms with E-state index in [-0.39, 0.29) is 17.4 Å². The minimum Gasteiger partial charge on any atom is -0.382 e. The molecule has 0 saturated heterocycles. The number of aromatic nitrogens is 2. The van der Waals surface area contributed by atoms with E-state index in [1.165, 1.54) is 12.4 Å². The first-order valence-electron chi connectivity index (χ1n) is 5.22.